The van der Waals surface area contributed by atoms with Crippen LogP contribution in [0.4, 0.5) is 0 Å². The third-order valence-electron chi connectivity index (χ3n) is 0.897. The Morgan fingerprint density at radius 3 is 2.50 bits per heavy atom. The minimum atomic E-state index is -0.865. The molecule has 0 heterocycles. The summed E-state index contributed by atoms with van der Waals surface area (Å²) in [7, 11) is -0.865. The second-order valence-electron chi connectivity index (χ2n) is 3.24. The van der Waals surface area contributed by atoms with E-state index in [-0.39, 0.29) is 0 Å². The monoisotopic (exact) mass is 129 g/mol. The van der Waals surface area contributed by atoms with Crippen LogP contribution in [0.1, 0.15) is 8.27 Å². The minimum Gasteiger partial charge on any atom is -0.0919 e. The van der Waals surface area contributed by atoms with E-state index >= 15 is 0 Å². The van der Waals surface area contributed by atoms with Gasteiger partial charge in [-0.2, -0.15) is 0 Å². The van der Waals surface area contributed by atoms with E-state index in [4.69, 9.17) is 1.37 Å². The summed E-state index contributed by atoms with van der Waals surface area (Å²) in [6.45, 7) is 7.44. The van der Waals surface area contributed by atoms with Crippen LogP contribution in [0.2, 0.25) is 25.7 Å². The molecule has 1 heteroatoms. The molecule has 0 fully saturated rings. The van der Waals surface area contributed by atoms with Gasteiger partial charge in [-0.3, -0.25) is 0 Å². The molecular weight excluding hydrogens is 112 g/mol. The summed E-state index contributed by atoms with van der Waals surface area (Å²) in [5.41, 5.74) is 0. The van der Waals surface area contributed by atoms with Gasteiger partial charge in [0.2, 0.25) is 0 Å². The highest BCUT2D eigenvalue weighted by molar-refractivity contribution is 6.76. The maximum atomic E-state index is 6.84. The van der Waals surface area contributed by atoms with Crippen molar-refractivity contribution < 1.29 is 1.37 Å². The highest BCUT2D eigenvalue weighted by atomic mass is 28.3. The van der Waals surface area contributed by atoms with Crippen LogP contribution in [0.25, 0.3) is 0 Å². The van der Waals surface area contributed by atoms with Crippen molar-refractivity contribution in [2.75, 3.05) is 0 Å². The fourth-order valence-electron chi connectivity index (χ4n) is 0.437. The molecule has 0 spiro atoms. The number of rotatable bonds is 2. The van der Waals surface area contributed by atoms with E-state index in [0.29, 0.717) is 6.90 Å². The van der Waals surface area contributed by atoms with Crippen LogP contribution in [0.3, 0.4) is 0 Å². The standard InChI is InChI=1S/C7H16Si/c1-5-6-7-8(2,3)4/h5-6H,7H2,1-4H3/b6-5+/i1D. The van der Waals surface area contributed by atoms with Crippen LogP contribution in [0.15, 0.2) is 12.2 Å². The first kappa shape index (κ1) is 6.08. The predicted molar refractivity (Wildman–Crippen MR) is 43.0 cm³/mol. The van der Waals surface area contributed by atoms with E-state index in [1.807, 2.05) is 6.08 Å². The molecule has 0 atom stereocenters. The summed E-state index contributed by atoms with van der Waals surface area (Å²) in [4.78, 5) is 0. The van der Waals surface area contributed by atoms with Gasteiger partial charge in [-0.05, 0) is 12.9 Å². The van der Waals surface area contributed by atoms with Crippen LogP contribution < -0.4 is 0 Å². The molecule has 0 nitrogen and oxygen atoms in total. The van der Waals surface area contributed by atoms with Gasteiger partial charge in [-0.25, -0.2) is 0 Å². The fourth-order valence-corrected chi connectivity index (χ4v) is 1.31. The Bertz CT molecular complexity index is 91.6. The summed E-state index contributed by atoms with van der Waals surface area (Å²) in [5, 5.41) is 0. The van der Waals surface area contributed by atoms with E-state index in [2.05, 4.69) is 25.7 Å². The molecule has 0 aliphatic rings. The first-order valence-electron chi connectivity index (χ1n) is 3.71. The minimum absolute atomic E-state index is 0.435. The number of hydrogen-bond acceptors (Lipinski definition) is 0. The van der Waals surface area contributed by atoms with Crippen molar-refractivity contribution in [3.05, 3.63) is 12.2 Å². The lowest BCUT2D eigenvalue weighted by atomic mass is 10.6. The maximum absolute atomic E-state index is 6.84. The molecule has 0 rings (SSSR count). The fraction of sp³-hybridized carbons (Fsp3) is 0.714. The molecule has 0 amide bonds. The Hall–Kier alpha value is -0.0431. The van der Waals surface area contributed by atoms with Crippen LogP contribution in [-0.2, 0) is 0 Å². The summed E-state index contributed by atoms with van der Waals surface area (Å²) in [6, 6.07) is 1.21. The van der Waals surface area contributed by atoms with Crippen LogP contribution >= 0.6 is 0 Å². The van der Waals surface area contributed by atoms with Gasteiger partial charge in [0.05, 0.1) is 0 Å². The van der Waals surface area contributed by atoms with E-state index in [9.17, 15) is 0 Å². The smallest absolute Gasteiger partial charge is 0.0480 e. The van der Waals surface area contributed by atoms with Gasteiger partial charge in [0.1, 0.15) is 0 Å². The lowest BCUT2D eigenvalue weighted by Crippen LogP contribution is -2.17. The van der Waals surface area contributed by atoms with Gasteiger partial charge in [0.15, 0.2) is 0 Å². The summed E-state index contributed by atoms with van der Waals surface area (Å²) in [5.74, 6) is 0. The number of allylic oxidation sites excluding steroid dienone is 2. The average molecular weight is 129 g/mol. The van der Waals surface area contributed by atoms with Crippen LogP contribution in [0.5, 0.6) is 0 Å². The Balaban J connectivity index is 3.38. The zero-order valence-electron chi connectivity index (χ0n) is 7.07. The predicted octanol–water partition coefficient (Wildman–Crippen LogP) is 2.90. The summed E-state index contributed by atoms with van der Waals surface area (Å²) >= 11 is 0. The highest BCUT2D eigenvalue weighted by Gasteiger charge is 2.08. The first-order chi connectivity index (χ1) is 4.06. The molecule has 8 heavy (non-hydrogen) atoms. The topological polar surface area (TPSA) is 0 Å². The molecule has 48 valence electrons. The molecule has 0 N–H and O–H groups in total. The van der Waals surface area contributed by atoms with Crippen molar-refractivity contribution in [2.24, 2.45) is 0 Å². The van der Waals surface area contributed by atoms with Crippen molar-refractivity contribution in [1.29, 1.82) is 0 Å². The molecule has 0 aromatic heterocycles. The molecule has 0 radical (unpaired) electrons. The van der Waals surface area contributed by atoms with Crippen molar-refractivity contribution >= 4 is 8.07 Å². The molecular formula is C7H16Si. The summed E-state index contributed by atoms with van der Waals surface area (Å²) < 4.78 is 6.84. The lowest BCUT2D eigenvalue weighted by molar-refractivity contribution is 1.49. The SMILES string of the molecule is [2H]C/C=C/C[Si](C)(C)C. The molecule has 0 aliphatic carbocycles. The molecule has 0 aromatic carbocycles. The van der Waals surface area contributed by atoms with Crippen molar-refractivity contribution in [3.8, 4) is 0 Å². The van der Waals surface area contributed by atoms with Crippen molar-refractivity contribution in [3.63, 3.8) is 0 Å². The van der Waals surface area contributed by atoms with Gasteiger partial charge in [-0.15, -0.1) is 0 Å². The van der Waals surface area contributed by atoms with E-state index < -0.39 is 8.07 Å². The lowest BCUT2D eigenvalue weighted by Gasteiger charge is -2.10. The quantitative estimate of drug-likeness (QED) is 0.397. The maximum Gasteiger partial charge on any atom is 0.0480 e. The first-order valence-corrected chi connectivity index (χ1v) is 6.71. The van der Waals surface area contributed by atoms with Gasteiger partial charge in [-0.1, -0.05) is 31.8 Å². The zero-order chi connectivity index (χ0) is 7.33. The van der Waals surface area contributed by atoms with E-state index in [1.54, 1.807) is 0 Å². The van der Waals surface area contributed by atoms with Crippen molar-refractivity contribution in [2.45, 2.75) is 32.6 Å². The molecule has 0 aliphatic heterocycles. The van der Waals surface area contributed by atoms with Gasteiger partial charge in [0, 0.05) is 9.44 Å². The molecule has 0 bridgehead atoms. The Morgan fingerprint density at radius 2 is 2.12 bits per heavy atom. The second-order valence-corrected chi connectivity index (χ2v) is 8.77. The second kappa shape index (κ2) is 3.08. The van der Waals surface area contributed by atoms with Gasteiger partial charge < -0.3 is 0 Å². The van der Waals surface area contributed by atoms with Gasteiger partial charge >= 0.3 is 0 Å². The average Bonchev–Trinajstić information content (AvgIpc) is 1.63. The molecule has 0 aromatic rings. The Kier molecular flexibility index (Phi) is 2.34. The van der Waals surface area contributed by atoms with E-state index in [0.717, 1.165) is 0 Å². The summed E-state index contributed by atoms with van der Waals surface area (Å²) in [6.07, 6.45) is 4.07. The molecule has 0 saturated heterocycles. The number of hydrogen-bond donors (Lipinski definition) is 0. The van der Waals surface area contributed by atoms with Crippen molar-refractivity contribution in [1.82, 2.24) is 0 Å². The Morgan fingerprint density at radius 1 is 1.50 bits per heavy atom. The normalized spacial score (nSPS) is 14.6. The van der Waals surface area contributed by atoms with Gasteiger partial charge in [0.25, 0.3) is 0 Å². The highest BCUT2D eigenvalue weighted by Crippen LogP contribution is 2.07. The van der Waals surface area contributed by atoms with Crippen LogP contribution in [0, 0.1) is 0 Å². The third-order valence-corrected chi connectivity index (χ3v) is 2.36. The van der Waals surface area contributed by atoms with E-state index in [1.165, 1.54) is 6.04 Å². The third kappa shape index (κ3) is 5.96. The Labute approximate surface area is 55.0 Å². The molecule has 0 saturated carbocycles. The largest absolute Gasteiger partial charge is 0.0919 e. The van der Waals surface area contributed by atoms with Crippen LogP contribution in [-0.4, -0.2) is 8.07 Å². The molecule has 0 unspecified atom stereocenters. The zero-order valence-corrected chi connectivity index (χ0v) is 7.07.